The molecule has 0 radical (unpaired) electrons. The molecule has 2 aromatic carbocycles. The van der Waals surface area contributed by atoms with Crippen molar-refractivity contribution in [2.24, 2.45) is 0 Å². The van der Waals surface area contributed by atoms with Crippen LogP contribution in [0, 0.1) is 5.82 Å². The first-order valence-corrected chi connectivity index (χ1v) is 9.53. The maximum Gasteiger partial charge on any atom is 0.243 e. The Morgan fingerprint density at radius 2 is 1.93 bits per heavy atom. The van der Waals surface area contributed by atoms with Crippen molar-refractivity contribution in [3.05, 3.63) is 66.5 Å². The molecule has 0 fully saturated rings. The molecule has 0 spiro atoms. The SMILES string of the molecule is C=CCN(Cc1ccc(OC)c(F)c1)S(=O)(=O)c1ccc(NC(C)=O)cc1. The molecule has 1 amide bonds. The van der Waals surface area contributed by atoms with Gasteiger partial charge in [-0.15, -0.1) is 6.58 Å². The Morgan fingerprint density at radius 3 is 2.44 bits per heavy atom. The molecule has 0 aromatic heterocycles. The van der Waals surface area contributed by atoms with E-state index in [1.165, 1.54) is 60.8 Å². The van der Waals surface area contributed by atoms with Gasteiger partial charge < -0.3 is 10.1 Å². The molecule has 2 aromatic rings. The number of nitrogens with zero attached hydrogens (tertiary/aromatic N) is 1. The topological polar surface area (TPSA) is 75.7 Å². The minimum atomic E-state index is -3.84. The zero-order chi connectivity index (χ0) is 20.0. The van der Waals surface area contributed by atoms with Crippen LogP contribution in [0.25, 0.3) is 0 Å². The van der Waals surface area contributed by atoms with Crippen LogP contribution < -0.4 is 10.1 Å². The molecule has 0 aliphatic carbocycles. The van der Waals surface area contributed by atoms with E-state index in [1.807, 2.05) is 0 Å². The van der Waals surface area contributed by atoms with Gasteiger partial charge in [-0.2, -0.15) is 4.31 Å². The highest BCUT2D eigenvalue weighted by atomic mass is 32.2. The highest BCUT2D eigenvalue weighted by molar-refractivity contribution is 7.89. The van der Waals surface area contributed by atoms with Crippen LogP contribution in [0.15, 0.2) is 60.0 Å². The lowest BCUT2D eigenvalue weighted by Gasteiger charge is -2.21. The van der Waals surface area contributed by atoms with Crippen LogP contribution in [-0.2, 0) is 21.4 Å². The summed E-state index contributed by atoms with van der Waals surface area (Å²) >= 11 is 0. The van der Waals surface area contributed by atoms with E-state index < -0.39 is 15.8 Å². The number of anilines is 1. The van der Waals surface area contributed by atoms with Gasteiger partial charge in [0.05, 0.1) is 12.0 Å². The number of carbonyl (C=O) groups excluding carboxylic acids is 1. The third-order valence-corrected chi connectivity index (χ3v) is 5.55. The molecular weight excluding hydrogens is 371 g/mol. The van der Waals surface area contributed by atoms with E-state index in [2.05, 4.69) is 11.9 Å². The van der Waals surface area contributed by atoms with Crippen molar-refractivity contribution in [3.8, 4) is 5.75 Å². The van der Waals surface area contributed by atoms with E-state index in [0.29, 0.717) is 11.3 Å². The monoisotopic (exact) mass is 392 g/mol. The lowest BCUT2D eigenvalue weighted by Crippen LogP contribution is -2.30. The molecule has 0 aliphatic rings. The van der Waals surface area contributed by atoms with Crippen LogP contribution in [0.1, 0.15) is 12.5 Å². The Balaban J connectivity index is 2.29. The summed E-state index contributed by atoms with van der Waals surface area (Å²) in [4.78, 5) is 11.1. The van der Waals surface area contributed by atoms with E-state index in [0.717, 1.165) is 0 Å². The normalized spacial score (nSPS) is 11.3. The van der Waals surface area contributed by atoms with Crippen molar-refractivity contribution in [2.45, 2.75) is 18.4 Å². The second-order valence-corrected chi connectivity index (χ2v) is 7.70. The first-order chi connectivity index (χ1) is 12.8. The van der Waals surface area contributed by atoms with Gasteiger partial charge in [0, 0.05) is 25.7 Å². The molecule has 144 valence electrons. The number of rotatable bonds is 8. The highest BCUT2D eigenvalue weighted by Crippen LogP contribution is 2.23. The predicted octanol–water partition coefficient (Wildman–Crippen LogP) is 3.17. The molecule has 0 saturated heterocycles. The van der Waals surface area contributed by atoms with E-state index in [1.54, 1.807) is 6.07 Å². The molecule has 0 heterocycles. The summed E-state index contributed by atoms with van der Waals surface area (Å²) in [6.45, 7) is 4.99. The van der Waals surface area contributed by atoms with Crippen LogP contribution in [-0.4, -0.2) is 32.3 Å². The quantitative estimate of drug-likeness (QED) is 0.700. The number of hydrogen-bond acceptors (Lipinski definition) is 4. The third kappa shape index (κ3) is 5.15. The predicted molar refractivity (Wildman–Crippen MR) is 101 cm³/mol. The van der Waals surface area contributed by atoms with Crippen LogP contribution in [0.4, 0.5) is 10.1 Å². The number of nitrogens with one attached hydrogen (secondary N) is 1. The van der Waals surface area contributed by atoms with Crippen LogP contribution >= 0.6 is 0 Å². The van der Waals surface area contributed by atoms with Gasteiger partial charge in [-0.25, -0.2) is 12.8 Å². The second-order valence-electron chi connectivity index (χ2n) is 5.76. The number of methoxy groups -OCH3 is 1. The first-order valence-electron chi connectivity index (χ1n) is 8.09. The van der Waals surface area contributed by atoms with Gasteiger partial charge in [-0.05, 0) is 42.0 Å². The van der Waals surface area contributed by atoms with E-state index >= 15 is 0 Å². The van der Waals surface area contributed by atoms with Crippen LogP contribution in [0.5, 0.6) is 5.75 Å². The molecular formula is C19H21FN2O4S. The summed E-state index contributed by atoms with van der Waals surface area (Å²) in [5, 5.41) is 2.58. The fraction of sp³-hybridized carbons (Fsp3) is 0.211. The summed E-state index contributed by atoms with van der Waals surface area (Å²) in [6, 6.07) is 10.1. The minimum absolute atomic E-state index is 0.0251. The summed E-state index contributed by atoms with van der Waals surface area (Å²) in [5.74, 6) is -0.725. The van der Waals surface area contributed by atoms with Crippen molar-refractivity contribution in [3.63, 3.8) is 0 Å². The van der Waals surface area contributed by atoms with E-state index in [-0.39, 0.29) is 29.6 Å². The number of benzene rings is 2. The summed E-state index contributed by atoms with van der Waals surface area (Å²) < 4.78 is 45.9. The Bertz CT molecular complexity index is 927. The fourth-order valence-corrected chi connectivity index (χ4v) is 3.86. The molecule has 0 atom stereocenters. The summed E-state index contributed by atoms with van der Waals surface area (Å²) in [6.07, 6.45) is 1.46. The molecule has 0 aliphatic heterocycles. The molecule has 0 saturated carbocycles. The lowest BCUT2D eigenvalue weighted by atomic mass is 10.2. The smallest absolute Gasteiger partial charge is 0.243 e. The van der Waals surface area contributed by atoms with Gasteiger partial charge in [-0.3, -0.25) is 4.79 Å². The largest absolute Gasteiger partial charge is 0.494 e. The van der Waals surface area contributed by atoms with Crippen molar-refractivity contribution in [1.29, 1.82) is 0 Å². The Kier molecular flexibility index (Phi) is 6.70. The van der Waals surface area contributed by atoms with Crippen LogP contribution in [0.3, 0.4) is 0 Å². The van der Waals surface area contributed by atoms with E-state index in [9.17, 15) is 17.6 Å². The molecule has 8 heteroatoms. The number of sulfonamides is 1. The zero-order valence-corrected chi connectivity index (χ0v) is 15.9. The molecule has 1 N–H and O–H groups in total. The lowest BCUT2D eigenvalue weighted by molar-refractivity contribution is -0.114. The maximum atomic E-state index is 13.9. The van der Waals surface area contributed by atoms with Crippen molar-refractivity contribution < 1.29 is 22.3 Å². The summed E-state index contributed by atoms with van der Waals surface area (Å²) in [5.41, 5.74) is 0.975. The van der Waals surface area contributed by atoms with Crippen molar-refractivity contribution >= 4 is 21.6 Å². The number of ether oxygens (including phenoxy) is 1. The standard InChI is InChI=1S/C19H21FN2O4S/c1-4-11-22(13-15-5-10-19(26-3)18(20)12-15)27(24,25)17-8-6-16(7-9-17)21-14(2)23/h4-10,12H,1,11,13H2,2-3H3,(H,21,23). The number of hydrogen-bond donors (Lipinski definition) is 1. The molecule has 27 heavy (non-hydrogen) atoms. The van der Waals surface area contributed by atoms with Crippen molar-refractivity contribution in [2.75, 3.05) is 19.0 Å². The summed E-state index contributed by atoms with van der Waals surface area (Å²) in [7, 11) is -2.48. The maximum absolute atomic E-state index is 13.9. The van der Waals surface area contributed by atoms with E-state index in [4.69, 9.17) is 4.74 Å². The zero-order valence-electron chi connectivity index (χ0n) is 15.1. The van der Waals surface area contributed by atoms with Crippen molar-refractivity contribution in [1.82, 2.24) is 4.31 Å². The Hall–Kier alpha value is -2.71. The van der Waals surface area contributed by atoms with Crippen LogP contribution in [0.2, 0.25) is 0 Å². The molecule has 2 rings (SSSR count). The average molecular weight is 392 g/mol. The van der Waals surface area contributed by atoms with Gasteiger partial charge in [0.15, 0.2) is 11.6 Å². The minimum Gasteiger partial charge on any atom is -0.494 e. The molecule has 0 bridgehead atoms. The Morgan fingerprint density at radius 1 is 1.26 bits per heavy atom. The third-order valence-electron chi connectivity index (χ3n) is 3.72. The number of halogens is 1. The molecule has 6 nitrogen and oxygen atoms in total. The van der Waals surface area contributed by atoms with Gasteiger partial charge in [-0.1, -0.05) is 12.1 Å². The second kappa shape index (κ2) is 8.79. The molecule has 0 unspecified atom stereocenters. The highest BCUT2D eigenvalue weighted by Gasteiger charge is 2.24. The fourth-order valence-electron chi connectivity index (χ4n) is 2.47. The first kappa shape index (κ1) is 20.6. The van der Waals surface area contributed by atoms with Gasteiger partial charge in [0.25, 0.3) is 0 Å². The van der Waals surface area contributed by atoms with Gasteiger partial charge >= 0.3 is 0 Å². The number of amides is 1. The van der Waals surface area contributed by atoms with Gasteiger partial charge in [0.2, 0.25) is 15.9 Å². The van der Waals surface area contributed by atoms with Gasteiger partial charge in [0.1, 0.15) is 0 Å². The Labute approximate surface area is 158 Å². The number of carbonyl (C=O) groups is 1. The average Bonchev–Trinajstić information content (AvgIpc) is 2.61.